The molecular weight excluding hydrogens is 287 g/mol. The zero-order valence-electron chi connectivity index (χ0n) is 11.0. The van der Waals surface area contributed by atoms with E-state index in [0.717, 1.165) is 12.5 Å². The normalized spacial score (nSPS) is 11.8. The van der Waals surface area contributed by atoms with Gasteiger partial charge >= 0.3 is 12.0 Å². The Morgan fingerprint density at radius 1 is 1.45 bits per heavy atom. The van der Waals surface area contributed by atoms with Crippen LogP contribution in [0.3, 0.4) is 0 Å². The molecule has 2 amide bonds. The Hall–Kier alpha value is -1.82. The summed E-state index contributed by atoms with van der Waals surface area (Å²) in [6.45, 7) is 1.91. The maximum atomic E-state index is 13.5. The lowest BCUT2D eigenvalue weighted by atomic mass is 10.1. The first-order chi connectivity index (χ1) is 9.45. The van der Waals surface area contributed by atoms with Gasteiger partial charge in [-0.1, -0.05) is 37.4 Å². The third-order valence-electron chi connectivity index (χ3n) is 2.65. The number of urea groups is 1. The average molecular weight is 303 g/mol. The molecule has 3 N–H and O–H groups in total. The number of anilines is 1. The maximum absolute atomic E-state index is 13.5. The summed E-state index contributed by atoms with van der Waals surface area (Å²) in [6, 6.07) is 2.16. The lowest BCUT2D eigenvalue weighted by Crippen LogP contribution is -2.43. The fourth-order valence-electron chi connectivity index (χ4n) is 1.59. The number of hydrogen-bond acceptors (Lipinski definition) is 2. The van der Waals surface area contributed by atoms with Gasteiger partial charge < -0.3 is 15.7 Å². The second-order valence-electron chi connectivity index (χ2n) is 4.23. The Balaban J connectivity index is 2.68. The van der Waals surface area contributed by atoms with E-state index in [4.69, 9.17) is 16.7 Å². The maximum Gasteiger partial charge on any atom is 0.326 e. The quantitative estimate of drug-likeness (QED) is 0.755. The summed E-state index contributed by atoms with van der Waals surface area (Å²) in [7, 11) is 0. The third-order valence-corrected chi connectivity index (χ3v) is 2.97. The van der Waals surface area contributed by atoms with Crippen molar-refractivity contribution in [3.8, 4) is 0 Å². The molecule has 20 heavy (non-hydrogen) atoms. The molecule has 0 saturated heterocycles. The molecule has 1 unspecified atom stereocenters. The van der Waals surface area contributed by atoms with Crippen LogP contribution < -0.4 is 10.6 Å². The van der Waals surface area contributed by atoms with Crippen molar-refractivity contribution < 1.29 is 19.1 Å². The molecule has 1 aromatic carbocycles. The number of carboxylic acids is 1. The minimum Gasteiger partial charge on any atom is -0.480 e. The van der Waals surface area contributed by atoms with E-state index in [-0.39, 0.29) is 10.7 Å². The van der Waals surface area contributed by atoms with Crippen molar-refractivity contribution in [2.45, 2.75) is 32.2 Å². The Morgan fingerprint density at radius 3 is 2.70 bits per heavy atom. The van der Waals surface area contributed by atoms with Gasteiger partial charge in [-0.3, -0.25) is 0 Å². The summed E-state index contributed by atoms with van der Waals surface area (Å²) in [5.74, 6) is -1.82. The monoisotopic (exact) mass is 302 g/mol. The highest BCUT2D eigenvalue weighted by Gasteiger charge is 2.20. The molecule has 1 rings (SSSR count). The zero-order chi connectivity index (χ0) is 15.1. The van der Waals surface area contributed by atoms with Gasteiger partial charge in [0.05, 0.1) is 10.7 Å². The van der Waals surface area contributed by atoms with Gasteiger partial charge in [0.1, 0.15) is 11.9 Å². The van der Waals surface area contributed by atoms with E-state index in [9.17, 15) is 14.0 Å². The van der Waals surface area contributed by atoms with E-state index in [2.05, 4.69) is 10.6 Å². The highest BCUT2D eigenvalue weighted by atomic mass is 35.5. The molecule has 1 atom stereocenters. The van der Waals surface area contributed by atoms with Gasteiger partial charge in [0.2, 0.25) is 0 Å². The van der Waals surface area contributed by atoms with Crippen LogP contribution in [0.15, 0.2) is 18.2 Å². The number of rotatable bonds is 6. The van der Waals surface area contributed by atoms with Crippen LogP contribution in [0.4, 0.5) is 14.9 Å². The number of carbonyl (C=O) groups excluding carboxylic acids is 1. The lowest BCUT2D eigenvalue weighted by molar-refractivity contribution is -0.139. The van der Waals surface area contributed by atoms with Crippen LogP contribution >= 0.6 is 11.6 Å². The Kier molecular flexibility index (Phi) is 6.24. The Morgan fingerprint density at radius 2 is 2.15 bits per heavy atom. The molecule has 7 heteroatoms. The summed E-state index contributed by atoms with van der Waals surface area (Å²) < 4.78 is 13.5. The molecule has 0 bridgehead atoms. The first-order valence-electron chi connectivity index (χ1n) is 6.20. The summed E-state index contributed by atoms with van der Waals surface area (Å²) in [5.41, 5.74) is -0.175. The van der Waals surface area contributed by atoms with Gasteiger partial charge in [-0.2, -0.15) is 0 Å². The number of unbranched alkanes of at least 4 members (excludes halogenated alkanes) is 1. The number of carbonyl (C=O) groups is 2. The molecule has 0 fully saturated rings. The van der Waals surface area contributed by atoms with E-state index in [0.29, 0.717) is 12.8 Å². The molecule has 0 aliphatic carbocycles. The van der Waals surface area contributed by atoms with Crippen LogP contribution in [0.1, 0.15) is 26.2 Å². The predicted molar refractivity (Wildman–Crippen MR) is 74.5 cm³/mol. The van der Waals surface area contributed by atoms with Crippen molar-refractivity contribution in [2.75, 3.05) is 5.32 Å². The van der Waals surface area contributed by atoms with Crippen LogP contribution in [0.2, 0.25) is 5.02 Å². The highest BCUT2D eigenvalue weighted by molar-refractivity contribution is 6.33. The van der Waals surface area contributed by atoms with E-state index >= 15 is 0 Å². The highest BCUT2D eigenvalue weighted by Crippen LogP contribution is 2.24. The van der Waals surface area contributed by atoms with Crippen LogP contribution in [-0.4, -0.2) is 23.1 Å². The van der Waals surface area contributed by atoms with E-state index in [1.165, 1.54) is 12.1 Å². The summed E-state index contributed by atoms with van der Waals surface area (Å²) in [5, 5.41) is 13.5. The predicted octanol–water partition coefficient (Wildman–Crippen LogP) is 3.24. The molecule has 0 saturated carbocycles. The van der Waals surface area contributed by atoms with Gasteiger partial charge in [0, 0.05) is 0 Å². The van der Waals surface area contributed by atoms with Crippen molar-refractivity contribution in [1.29, 1.82) is 0 Å². The first kappa shape index (κ1) is 16.2. The topological polar surface area (TPSA) is 78.4 Å². The van der Waals surface area contributed by atoms with Crippen LogP contribution in [0.5, 0.6) is 0 Å². The molecule has 0 heterocycles. The first-order valence-corrected chi connectivity index (χ1v) is 6.57. The second-order valence-corrected chi connectivity index (χ2v) is 4.64. The van der Waals surface area contributed by atoms with Gasteiger partial charge in [-0.15, -0.1) is 0 Å². The number of para-hydroxylation sites is 1. The van der Waals surface area contributed by atoms with Gasteiger partial charge in [-0.25, -0.2) is 14.0 Å². The number of halogens is 2. The van der Waals surface area contributed by atoms with Crippen LogP contribution in [0, 0.1) is 5.82 Å². The smallest absolute Gasteiger partial charge is 0.326 e. The van der Waals surface area contributed by atoms with Crippen molar-refractivity contribution in [1.82, 2.24) is 5.32 Å². The molecular formula is C13H16ClFN2O3. The van der Waals surface area contributed by atoms with Crippen LogP contribution in [0.25, 0.3) is 0 Å². The van der Waals surface area contributed by atoms with Gasteiger partial charge in [0.25, 0.3) is 0 Å². The second kappa shape index (κ2) is 7.69. The van der Waals surface area contributed by atoms with Crippen molar-refractivity contribution in [3.05, 3.63) is 29.0 Å². The standard InChI is InChI=1S/C13H16ClFN2O3/c1-2-3-7-10(12(18)19)16-13(20)17-11-8(14)5-4-6-9(11)15/h4-6,10H,2-3,7H2,1H3,(H,18,19)(H2,16,17,20). The third kappa shape index (κ3) is 4.70. The van der Waals surface area contributed by atoms with E-state index in [1.807, 2.05) is 6.92 Å². The number of hydrogen-bond donors (Lipinski definition) is 3. The molecule has 5 nitrogen and oxygen atoms in total. The van der Waals surface area contributed by atoms with Gasteiger partial charge in [-0.05, 0) is 18.6 Å². The van der Waals surface area contributed by atoms with Gasteiger partial charge in [0.15, 0.2) is 0 Å². The average Bonchev–Trinajstić information content (AvgIpc) is 2.38. The fraction of sp³-hybridized carbons (Fsp3) is 0.385. The molecule has 0 radical (unpaired) electrons. The lowest BCUT2D eigenvalue weighted by Gasteiger charge is -2.15. The van der Waals surface area contributed by atoms with Crippen molar-refractivity contribution in [2.24, 2.45) is 0 Å². The number of benzene rings is 1. The molecule has 1 aromatic rings. The van der Waals surface area contributed by atoms with E-state index < -0.39 is 23.9 Å². The SMILES string of the molecule is CCCCC(NC(=O)Nc1c(F)cccc1Cl)C(=O)O. The van der Waals surface area contributed by atoms with E-state index in [1.54, 1.807) is 0 Å². The molecule has 0 aliphatic heterocycles. The molecule has 0 spiro atoms. The summed E-state index contributed by atoms with van der Waals surface area (Å²) >= 11 is 5.76. The summed E-state index contributed by atoms with van der Waals surface area (Å²) in [4.78, 5) is 22.7. The largest absolute Gasteiger partial charge is 0.480 e. The Bertz CT molecular complexity index is 476. The number of carboxylic acid groups (broad SMARTS) is 1. The number of aliphatic carboxylic acids is 1. The minimum absolute atomic E-state index is 0.0422. The molecule has 0 aromatic heterocycles. The van der Waals surface area contributed by atoms with Crippen LogP contribution in [-0.2, 0) is 4.79 Å². The minimum atomic E-state index is -1.13. The zero-order valence-corrected chi connectivity index (χ0v) is 11.7. The summed E-state index contributed by atoms with van der Waals surface area (Å²) in [6.07, 6.45) is 1.79. The van der Waals surface area contributed by atoms with Crippen molar-refractivity contribution in [3.63, 3.8) is 0 Å². The Labute approximate surface area is 121 Å². The number of nitrogens with one attached hydrogen (secondary N) is 2. The number of amides is 2. The fourth-order valence-corrected chi connectivity index (χ4v) is 1.80. The molecule has 110 valence electrons. The molecule has 0 aliphatic rings. The van der Waals surface area contributed by atoms with Crippen molar-refractivity contribution >= 4 is 29.3 Å².